The van der Waals surface area contributed by atoms with Crippen molar-refractivity contribution in [2.45, 2.75) is 13.5 Å². The van der Waals surface area contributed by atoms with Gasteiger partial charge in [-0.2, -0.15) is 0 Å². The van der Waals surface area contributed by atoms with Crippen LogP contribution in [0.1, 0.15) is 17.4 Å². The number of carboxylic acid groups (broad SMARTS) is 1. The van der Waals surface area contributed by atoms with Crippen LogP contribution in [0.5, 0.6) is 0 Å². The predicted octanol–water partition coefficient (Wildman–Crippen LogP) is 4.03. The molecule has 0 spiro atoms. The van der Waals surface area contributed by atoms with Crippen molar-refractivity contribution >= 4 is 16.9 Å². The van der Waals surface area contributed by atoms with Crippen LogP contribution in [-0.2, 0) is 6.54 Å². The topological polar surface area (TPSA) is 42.2 Å². The molecule has 0 saturated heterocycles. The van der Waals surface area contributed by atoms with Gasteiger partial charge in [-0.1, -0.05) is 36.4 Å². The molecular weight excluding hydrogens is 250 g/mol. The molecule has 2 aromatic carbocycles. The SMILES string of the molecule is CCn1c(C(=O)O)cc2cc(-c3ccccc3)ccc21. The van der Waals surface area contributed by atoms with E-state index in [2.05, 4.69) is 12.1 Å². The summed E-state index contributed by atoms with van der Waals surface area (Å²) in [4.78, 5) is 11.3. The zero-order chi connectivity index (χ0) is 14.1. The summed E-state index contributed by atoms with van der Waals surface area (Å²) in [6, 6.07) is 17.9. The normalized spacial score (nSPS) is 10.8. The van der Waals surface area contributed by atoms with E-state index in [0.717, 1.165) is 22.0 Å². The number of aromatic nitrogens is 1. The van der Waals surface area contributed by atoms with Gasteiger partial charge in [-0.25, -0.2) is 4.79 Å². The highest BCUT2D eigenvalue weighted by Gasteiger charge is 2.13. The van der Waals surface area contributed by atoms with Crippen molar-refractivity contribution in [3.05, 3.63) is 60.3 Å². The number of aryl methyl sites for hydroxylation is 1. The molecule has 0 amide bonds. The number of aromatic carboxylic acids is 1. The molecule has 0 atom stereocenters. The van der Waals surface area contributed by atoms with Gasteiger partial charge in [0.15, 0.2) is 0 Å². The average molecular weight is 265 g/mol. The first-order chi connectivity index (χ1) is 9.70. The Hall–Kier alpha value is -2.55. The standard InChI is InChI=1S/C17H15NO2/c1-2-18-15-9-8-13(12-6-4-3-5-7-12)10-14(15)11-16(18)17(19)20/h3-11H,2H2,1H3,(H,19,20). The van der Waals surface area contributed by atoms with Crippen molar-refractivity contribution in [2.75, 3.05) is 0 Å². The van der Waals surface area contributed by atoms with Gasteiger partial charge in [0.25, 0.3) is 0 Å². The van der Waals surface area contributed by atoms with Crippen LogP contribution in [0, 0.1) is 0 Å². The summed E-state index contributed by atoms with van der Waals surface area (Å²) in [7, 11) is 0. The Bertz CT molecular complexity index is 772. The van der Waals surface area contributed by atoms with Crippen molar-refractivity contribution in [1.82, 2.24) is 4.57 Å². The second kappa shape index (κ2) is 4.85. The van der Waals surface area contributed by atoms with Gasteiger partial charge in [-0.3, -0.25) is 0 Å². The maximum absolute atomic E-state index is 11.3. The lowest BCUT2D eigenvalue weighted by Crippen LogP contribution is -2.06. The third-order valence-corrected chi connectivity index (χ3v) is 3.54. The van der Waals surface area contributed by atoms with Crippen LogP contribution in [0.4, 0.5) is 0 Å². The lowest BCUT2D eigenvalue weighted by Gasteiger charge is -2.05. The molecule has 100 valence electrons. The summed E-state index contributed by atoms with van der Waals surface area (Å²) in [6.45, 7) is 2.60. The highest BCUT2D eigenvalue weighted by Crippen LogP contribution is 2.27. The number of carbonyl (C=O) groups is 1. The minimum Gasteiger partial charge on any atom is -0.477 e. The smallest absolute Gasteiger partial charge is 0.352 e. The molecule has 0 bridgehead atoms. The van der Waals surface area contributed by atoms with Crippen LogP contribution in [-0.4, -0.2) is 15.6 Å². The number of rotatable bonds is 3. The van der Waals surface area contributed by atoms with Gasteiger partial charge in [0.1, 0.15) is 5.69 Å². The van der Waals surface area contributed by atoms with Gasteiger partial charge in [-0.15, -0.1) is 0 Å². The van der Waals surface area contributed by atoms with Gasteiger partial charge in [-0.05, 0) is 36.2 Å². The van der Waals surface area contributed by atoms with E-state index in [4.69, 9.17) is 0 Å². The van der Waals surface area contributed by atoms with E-state index in [1.54, 1.807) is 6.07 Å². The van der Waals surface area contributed by atoms with Crippen LogP contribution < -0.4 is 0 Å². The van der Waals surface area contributed by atoms with E-state index in [-0.39, 0.29) is 0 Å². The first-order valence-corrected chi connectivity index (χ1v) is 6.62. The van der Waals surface area contributed by atoms with Gasteiger partial charge >= 0.3 is 5.97 Å². The van der Waals surface area contributed by atoms with E-state index >= 15 is 0 Å². The number of carboxylic acids is 1. The number of hydrogen-bond donors (Lipinski definition) is 1. The molecule has 1 aromatic heterocycles. The summed E-state index contributed by atoms with van der Waals surface area (Å²) in [6.07, 6.45) is 0. The molecule has 1 heterocycles. The summed E-state index contributed by atoms with van der Waals surface area (Å²) < 4.78 is 1.83. The van der Waals surface area contributed by atoms with Crippen molar-refractivity contribution in [1.29, 1.82) is 0 Å². The van der Waals surface area contributed by atoms with Crippen molar-refractivity contribution < 1.29 is 9.90 Å². The van der Waals surface area contributed by atoms with Gasteiger partial charge in [0, 0.05) is 17.4 Å². The number of nitrogens with zero attached hydrogens (tertiary/aromatic N) is 1. The highest BCUT2D eigenvalue weighted by molar-refractivity contribution is 5.96. The molecule has 20 heavy (non-hydrogen) atoms. The van der Waals surface area contributed by atoms with Crippen LogP contribution in [0.25, 0.3) is 22.0 Å². The zero-order valence-electron chi connectivity index (χ0n) is 11.2. The zero-order valence-corrected chi connectivity index (χ0v) is 11.2. The molecule has 3 rings (SSSR count). The summed E-state index contributed by atoms with van der Waals surface area (Å²) in [5.74, 6) is -0.885. The quantitative estimate of drug-likeness (QED) is 0.777. The Morgan fingerprint density at radius 1 is 1.05 bits per heavy atom. The maximum atomic E-state index is 11.3. The fraction of sp³-hybridized carbons (Fsp3) is 0.118. The third kappa shape index (κ3) is 1.97. The molecule has 0 aliphatic carbocycles. The van der Waals surface area contributed by atoms with Crippen LogP contribution in [0.3, 0.4) is 0 Å². The van der Waals surface area contributed by atoms with Crippen LogP contribution >= 0.6 is 0 Å². The lowest BCUT2D eigenvalue weighted by molar-refractivity contribution is 0.0686. The van der Waals surface area contributed by atoms with Gasteiger partial charge in [0.05, 0.1) is 0 Å². The second-order valence-corrected chi connectivity index (χ2v) is 4.72. The predicted molar refractivity (Wildman–Crippen MR) is 80.0 cm³/mol. The fourth-order valence-electron chi connectivity index (χ4n) is 2.60. The number of fused-ring (bicyclic) bond motifs is 1. The van der Waals surface area contributed by atoms with E-state index in [9.17, 15) is 9.90 Å². The minimum absolute atomic E-state index is 0.340. The maximum Gasteiger partial charge on any atom is 0.352 e. The molecule has 3 heteroatoms. The number of hydrogen-bond acceptors (Lipinski definition) is 1. The van der Waals surface area contributed by atoms with E-state index in [1.165, 1.54) is 0 Å². The molecular formula is C17H15NO2. The molecule has 0 unspecified atom stereocenters. The molecule has 3 aromatic rings. The summed E-state index contributed by atoms with van der Waals surface area (Å²) in [5, 5.41) is 10.2. The molecule has 0 aliphatic heterocycles. The third-order valence-electron chi connectivity index (χ3n) is 3.54. The van der Waals surface area contributed by atoms with Crippen molar-refractivity contribution in [2.24, 2.45) is 0 Å². The van der Waals surface area contributed by atoms with E-state index in [1.807, 2.05) is 47.9 Å². The first-order valence-electron chi connectivity index (χ1n) is 6.62. The van der Waals surface area contributed by atoms with Crippen molar-refractivity contribution in [3.8, 4) is 11.1 Å². The van der Waals surface area contributed by atoms with E-state index in [0.29, 0.717) is 12.2 Å². The highest BCUT2D eigenvalue weighted by atomic mass is 16.4. The molecule has 0 fully saturated rings. The Morgan fingerprint density at radius 2 is 1.80 bits per heavy atom. The van der Waals surface area contributed by atoms with Crippen LogP contribution in [0.2, 0.25) is 0 Å². The Morgan fingerprint density at radius 3 is 2.45 bits per heavy atom. The molecule has 0 radical (unpaired) electrons. The minimum atomic E-state index is -0.885. The summed E-state index contributed by atoms with van der Waals surface area (Å²) >= 11 is 0. The number of benzene rings is 2. The first kappa shape index (κ1) is 12.5. The molecule has 3 nitrogen and oxygen atoms in total. The lowest BCUT2D eigenvalue weighted by atomic mass is 10.0. The largest absolute Gasteiger partial charge is 0.477 e. The van der Waals surface area contributed by atoms with Gasteiger partial charge < -0.3 is 9.67 Å². The average Bonchev–Trinajstić information content (AvgIpc) is 2.86. The van der Waals surface area contributed by atoms with E-state index < -0.39 is 5.97 Å². The summed E-state index contributed by atoms with van der Waals surface area (Å²) in [5.41, 5.74) is 3.54. The van der Waals surface area contributed by atoms with Crippen molar-refractivity contribution in [3.63, 3.8) is 0 Å². The fourth-order valence-corrected chi connectivity index (χ4v) is 2.60. The monoisotopic (exact) mass is 265 g/mol. The Balaban J connectivity index is 2.20. The van der Waals surface area contributed by atoms with Gasteiger partial charge in [0.2, 0.25) is 0 Å². The Kier molecular flexibility index (Phi) is 3.03. The second-order valence-electron chi connectivity index (χ2n) is 4.72. The Labute approximate surface area is 117 Å². The molecule has 0 saturated carbocycles. The molecule has 1 N–H and O–H groups in total. The van der Waals surface area contributed by atoms with Crippen LogP contribution in [0.15, 0.2) is 54.6 Å². The molecule has 0 aliphatic rings.